The van der Waals surface area contributed by atoms with Crippen LogP contribution in [0.3, 0.4) is 0 Å². The summed E-state index contributed by atoms with van der Waals surface area (Å²) in [6.07, 6.45) is 5.09. The van der Waals surface area contributed by atoms with Crippen LogP contribution in [0.15, 0.2) is 36.4 Å². The molecule has 0 bridgehead atoms. The molecule has 32 heavy (non-hydrogen) atoms. The monoisotopic (exact) mass is 457 g/mol. The molecule has 1 saturated heterocycles. The van der Waals surface area contributed by atoms with Gasteiger partial charge in [-0.05, 0) is 92.3 Å². The lowest BCUT2D eigenvalue weighted by molar-refractivity contribution is -0.0659. The molecule has 0 spiro atoms. The van der Waals surface area contributed by atoms with Gasteiger partial charge in [0.05, 0.1) is 35.1 Å². The molecule has 1 aliphatic carbocycles. The van der Waals surface area contributed by atoms with Crippen molar-refractivity contribution >= 4 is 21.8 Å². The second-order valence-corrected chi connectivity index (χ2v) is 13.7. The van der Waals surface area contributed by atoms with Gasteiger partial charge in [-0.1, -0.05) is 39.0 Å². The SMILES string of the molecule is CC(C)(C)C1CCC(Oc2ccc3cc(C4(N[S@](=O)C(C)(C)C)COC4)ccc3c2)CC1. The number of fused-ring (bicyclic) bond motifs is 1. The minimum atomic E-state index is -1.16. The van der Waals surface area contributed by atoms with Gasteiger partial charge < -0.3 is 9.47 Å². The Hall–Kier alpha value is -1.43. The predicted molar refractivity (Wildman–Crippen MR) is 133 cm³/mol. The quantitative estimate of drug-likeness (QED) is 0.590. The van der Waals surface area contributed by atoms with Crippen LogP contribution in [0.2, 0.25) is 0 Å². The van der Waals surface area contributed by atoms with Crippen molar-refractivity contribution in [2.75, 3.05) is 13.2 Å². The maximum atomic E-state index is 12.7. The zero-order valence-corrected chi connectivity index (χ0v) is 21.3. The first-order valence-electron chi connectivity index (χ1n) is 11.9. The van der Waals surface area contributed by atoms with Gasteiger partial charge in [0, 0.05) is 0 Å². The van der Waals surface area contributed by atoms with Gasteiger partial charge in [0.1, 0.15) is 11.3 Å². The van der Waals surface area contributed by atoms with E-state index in [4.69, 9.17) is 9.47 Å². The lowest BCUT2D eigenvalue weighted by atomic mass is 9.72. The van der Waals surface area contributed by atoms with E-state index in [1.807, 2.05) is 20.8 Å². The summed E-state index contributed by atoms with van der Waals surface area (Å²) in [5.41, 5.74) is 1.14. The fourth-order valence-electron chi connectivity index (χ4n) is 4.76. The van der Waals surface area contributed by atoms with Crippen LogP contribution in [0.4, 0.5) is 0 Å². The smallest absolute Gasteiger partial charge is 0.120 e. The van der Waals surface area contributed by atoms with Crippen molar-refractivity contribution in [3.8, 4) is 5.75 Å². The molecule has 0 unspecified atom stereocenters. The van der Waals surface area contributed by atoms with Crippen LogP contribution in [0.5, 0.6) is 5.75 Å². The normalized spacial score (nSPS) is 24.7. The summed E-state index contributed by atoms with van der Waals surface area (Å²) in [6.45, 7) is 14.1. The van der Waals surface area contributed by atoms with Crippen LogP contribution in [0.25, 0.3) is 10.8 Å². The van der Waals surface area contributed by atoms with Crippen molar-refractivity contribution in [3.05, 3.63) is 42.0 Å². The number of nitrogens with one attached hydrogen (secondary N) is 1. The molecule has 1 N–H and O–H groups in total. The lowest BCUT2D eigenvalue weighted by Gasteiger charge is -2.43. The summed E-state index contributed by atoms with van der Waals surface area (Å²) in [6, 6.07) is 12.9. The third-order valence-electron chi connectivity index (χ3n) is 7.11. The molecule has 5 heteroatoms. The van der Waals surface area contributed by atoms with Crippen LogP contribution >= 0.6 is 0 Å². The highest BCUT2D eigenvalue weighted by atomic mass is 32.2. The van der Waals surface area contributed by atoms with Crippen LogP contribution in [0.1, 0.15) is 72.8 Å². The Morgan fingerprint density at radius 1 is 0.938 bits per heavy atom. The molecule has 1 atom stereocenters. The molecule has 4 rings (SSSR count). The minimum absolute atomic E-state index is 0.317. The van der Waals surface area contributed by atoms with E-state index in [0.717, 1.165) is 30.1 Å². The predicted octanol–water partition coefficient (Wildman–Crippen LogP) is 6.10. The molecule has 2 aromatic rings. The van der Waals surface area contributed by atoms with Crippen LogP contribution in [0, 0.1) is 11.3 Å². The van der Waals surface area contributed by atoms with Gasteiger partial charge in [-0.2, -0.15) is 0 Å². The van der Waals surface area contributed by atoms with Crippen LogP contribution < -0.4 is 9.46 Å². The molecule has 2 fully saturated rings. The molecule has 1 aliphatic heterocycles. The van der Waals surface area contributed by atoms with E-state index < -0.39 is 11.0 Å². The Morgan fingerprint density at radius 2 is 1.56 bits per heavy atom. The largest absolute Gasteiger partial charge is 0.490 e. The van der Waals surface area contributed by atoms with Gasteiger partial charge in [-0.25, -0.2) is 8.93 Å². The number of benzene rings is 2. The summed E-state index contributed by atoms with van der Waals surface area (Å²) in [5, 5.41) is 2.34. The average molecular weight is 458 g/mol. The summed E-state index contributed by atoms with van der Waals surface area (Å²) in [5.74, 6) is 1.75. The zero-order chi connectivity index (χ0) is 23.1. The van der Waals surface area contributed by atoms with Crippen molar-refractivity contribution in [1.29, 1.82) is 0 Å². The second-order valence-electron chi connectivity index (χ2n) is 11.7. The van der Waals surface area contributed by atoms with Gasteiger partial charge in [-0.3, -0.25) is 0 Å². The average Bonchev–Trinajstić information content (AvgIpc) is 2.69. The van der Waals surface area contributed by atoms with E-state index in [-0.39, 0.29) is 10.3 Å². The van der Waals surface area contributed by atoms with Crippen molar-refractivity contribution in [1.82, 2.24) is 4.72 Å². The highest BCUT2D eigenvalue weighted by molar-refractivity contribution is 7.84. The van der Waals surface area contributed by atoms with E-state index >= 15 is 0 Å². The van der Waals surface area contributed by atoms with Crippen molar-refractivity contribution < 1.29 is 13.7 Å². The third-order valence-corrected chi connectivity index (χ3v) is 8.80. The van der Waals surface area contributed by atoms with E-state index in [1.54, 1.807) is 0 Å². The first kappa shape index (κ1) is 23.7. The molecule has 176 valence electrons. The summed E-state index contributed by atoms with van der Waals surface area (Å²) >= 11 is 0. The van der Waals surface area contributed by atoms with Gasteiger partial charge in [0.15, 0.2) is 0 Å². The third kappa shape index (κ3) is 5.05. The fourth-order valence-corrected chi connectivity index (χ4v) is 5.65. The number of hydrogen-bond donors (Lipinski definition) is 1. The van der Waals surface area contributed by atoms with Crippen LogP contribution in [-0.4, -0.2) is 28.3 Å². The first-order valence-corrected chi connectivity index (χ1v) is 13.1. The van der Waals surface area contributed by atoms with E-state index in [0.29, 0.717) is 24.7 Å². The minimum Gasteiger partial charge on any atom is -0.490 e. The molecular formula is C27H39NO3S. The number of hydrogen-bond acceptors (Lipinski definition) is 3. The number of ether oxygens (including phenoxy) is 2. The molecule has 2 aromatic carbocycles. The molecule has 0 amide bonds. The molecule has 0 radical (unpaired) electrons. The summed E-state index contributed by atoms with van der Waals surface area (Å²) in [7, 11) is -1.16. The van der Waals surface area contributed by atoms with Gasteiger partial charge in [-0.15, -0.1) is 0 Å². The molecular weight excluding hydrogens is 418 g/mol. The molecule has 1 saturated carbocycles. The first-order chi connectivity index (χ1) is 15.0. The lowest BCUT2D eigenvalue weighted by Crippen LogP contribution is -2.59. The van der Waals surface area contributed by atoms with Crippen LogP contribution in [-0.2, 0) is 21.3 Å². The maximum Gasteiger partial charge on any atom is 0.120 e. The Morgan fingerprint density at radius 3 is 2.12 bits per heavy atom. The summed E-state index contributed by atoms with van der Waals surface area (Å²) < 4.78 is 27.7. The van der Waals surface area contributed by atoms with Gasteiger partial charge in [0.2, 0.25) is 0 Å². The topological polar surface area (TPSA) is 47.6 Å². The Kier molecular flexibility index (Phi) is 6.47. The van der Waals surface area contributed by atoms with E-state index in [1.165, 1.54) is 23.6 Å². The zero-order valence-electron chi connectivity index (χ0n) is 20.5. The van der Waals surface area contributed by atoms with Crippen molar-refractivity contribution in [2.24, 2.45) is 11.3 Å². The van der Waals surface area contributed by atoms with E-state index in [9.17, 15) is 4.21 Å². The maximum absolute atomic E-state index is 12.7. The van der Waals surface area contributed by atoms with Gasteiger partial charge in [0.25, 0.3) is 0 Å². The Bertz CT molecular complexity index is 977. The Balaban J connectivity index is 1.46. The fraction of sp³-hybridized carbons (Fsp3) is 0.630. The highest BCUT2D eigenvalue weighted by Gasteiger charge is 2.43. The summed E-state index contributed by atoms with van der Waals surface area (Å²) in [4.78, 5) is 0. The van der Waals surface area contributed by atoms with Gasteiger partial charge >= 0.3 is 0 Å². The number of rotatable bonds is 5. The molecule has 0 aromatic heterocycles. The highest BCUT2D eigenvalue weighted by Crippen LogP contribution is 2.39. The van der Waals surface area contributed by atoms with Crippen molar-refractivity contribution in [2.45, 2.75) is 83.6 Å². The second kappa shape index (κ2) is 8.73. The standard InChI is InChI=1S/C27H39NO3S/c1-25(2,3)21-10-13-23(14-11-21)31-24-12-8-19-15-22(9-7-20(19)16-24)27(17-30-18-27)28-32(29)26(4,5)6/h7-9,12,15-16,21,23,28H,10-11,13-14,17-18H2,1-6H3/t21?,23?,32-/m1/s1. The Labute approximate surface area is 196 Å². The molecule has 2 aliphatic rings. The van der Waals surface area contributed by atoms with E-state index in [2.05, 4.69) is 61.9 Å². The molecule has 4 nitrogen and oxygen atoms in total. The molecule has 1 heterocycles. The van der Waals surface area contributed by atoms with Crippen molar-refractivity contribution in [3.63, 3.8) is 0 Å².